The van der Waals surface area contributed by atoms with Gasteiger partial charge in [0.2, 0.25) is 0 Å². The molecule has 1 aliphatic heterocycles. The number of anilines is 1. The first-order valence-electron chi connectivity index (χ1n) is 10.9. The third-order valence-corrected chi connectivity index (χ3v) is 5.71. The molecule has 1 aromatic carbocycles. The highest BCUT2D eigenvalue weighted by atomic mass is 16.2. The summed E-state index contributed by atoms with van der Waals surface area (Å²) in [6, 6.07) is 19.3. The maximum Gasteiger partial charge on any atom is 0.253 e. The molecule has 0 aliphatic carbocycles. The quantitative estimate of drug-likeness (QED) is 0.508. The first-order valence-corrected chi connectivity index (χ1v) is 10.9. The number of pyridine rings is 3. The Morgan fingerprint density at radius 1 is 0.848 bits per heavy atom. The fourth-order valence-corrected chi connectivity index (χ4v) is 3.98. The fraction of sp³-hybridized carbons (Fsp3) is 0.154. The molecule has 3 aromatic heterocycles. The maximum atomic E-state index is 12.7. The average Bonchev–Trinajstić information content (AvgIpc) is 2.89. The molecule has 0 atom stereocenters. The number of carbonyl (C=O) groups is 1. The second-order valence-corrected chi connectivity index (χ2v) is 7.96. The second-order valence-electron chi connectivity index (χ2n) is 7.96. The molecule has 0 spiro atoms. The van der Waals surface area contributed by atoms with Crippen molar-refractivity contribution in [2.24, 2.45) is 0 Å². The molecule has 33 heavy (non-hydrogen) atoms. The zero-order valence-corrected chi connectivity index (χ0v) is 18.1. The molecule has 1 aliphatic rings. The van der Waals surface area contributed by atoms with E-state index in [0.29, 0.717) is 17.1 Å². The molecular formula is C26H24N6O. The van der Waals surface area contributed by atoms with Crippen molar-refractivity contribution in [3.8, 4) is 33.6 Å². The summed E-state index contributed by atoms with van der Waals surface area (Å²) in [6.07, 6.45) is 5.36. The summed E-state index contributed by atoms with van der Waals surface area (Å²) in [5.41, 5.74) is 12.1. The molecule has 7 heteroatoms. The Morgan fingerprint density at radius 2 is 1.61 bits per heavy atom. The van der Waals surface area contributed by atoms with Gasteiger partial charge in [-0.3, -0.25) is 14.8 Å². The summed E-state index contributed by atoms with van der Waals surface area (Å²) in [4.78, 5) is 27.9. The number of nitrogen functional groups attached to an aromatic ring is 1. The van der Waals surface area contributed by atoms with Crippen LogP contribution in [0.3, 0.4) is 0 Å². The van der Waals surface area contributed by atoms with Crippen LogP contribution >= 0.6 is 0 Å². The standard InChI is InChI=1S/C26H24N6O/c27-25-15-20(14-24(31-25)23-3-1-2-8-30-23)22-13-21(16-29-17-22)18-4-6-19(7-5-18)26(33)32-11-9-28-10-12-32/h1-8,13-17,28H,9-12H2,(H2,27,31). The number of nitrogens with zero attached hydrogens (tertiary/aromatic N) is 4. The third kappa shape index (κ3) is 4.58. The zero-order valence-electron chi connectivity index (χ0n) is 18.1. The Balaban J connectivity index is 1.42. The van der Waals surface area contributed by atoms with Crippen LogP contribution in [0.4, 0.5) is 5.82 Å². The van der Waals surface area contributed by atoms with Gasteiger partial charge in [0.05, 0.1) is 11.4 Å². The van der Waals surface area contributed by atoms with Gasteiger partial charge < -0.3 is 16.0 Å². The number of rotatable bonds is 4. The number of nitrogens with two attached hydrogens (primary N) is 1. The Bertz CT molecular complexity index is 1270. The molecule has 0 bridgehead atoms. The van der Waals surface area contributed by atoms with E-state index in [2.05, 4.69) is 26.3 Å². The lowest BCUT2D eigenvalue weighted by molar-refractivity contribution is 0.0736. The molecule has 164 valence electrons. The first kappa shape index (κ1) is 20.8. The van der Waals surface area contributed by atoms with E-state index in [0.717, 1.165) is 54.1 Å². The van der Waals surface area contributed by atoms with Gasteiger partial charge in [-0.25, -0.2) is 4.98 Å². The van der Waals surface area contributed by atoms with E-state index in [9.17, 15) is 4.79 Å². The molecule has 4 aromatic rings. The molecule has 0 saturated carbocycles. The van der Waals surface area contributed by atoms with Gasteiger partial charge in [0, 0.05) is 61.5 Å². The number of nitrogens with one attached hydrogen (secondary N) is 1. The van der Waals surface area contributed by atoms with Gasteiger partial charge in [-0.05, 0) is 53.6 Å². The highest BCUT2D eigenvalue weighted by Crippen LogP contribution is 2.29. The zero-order chi connectivity index (χ0) is 22.6. The topological polar surface area (TPSA) is 97.0 Å². The van der Waals surface area contributed by atoms with Gasteiger partial charge in [-0.2, -0.15) is 0 Å². The highest BCUT2D eigenvalue weighted by molar-refractivity contribution is 5.94. The van der Waals surface area contributed by atoms with Crippen LogP contribution in [0.25, 0.3) is 33.6 Å². The Kier molecular flexibility index (Phi) is 5.78. The van der Waals surface area contributed by atoms with E-state index in [1.165, 1.54) is 0 Å². The number of hydrogen-bond acceptors (Lipinski definition) is 6. The number of carbonyl (C=O) groups excluding carboxylic acids is 1. The van der Waals surface area contributed by atoms with Crippen LogP contribution in [0.5, 0.6) is 0 Å². The number of amides is 1. The van der Waals surface area contributed by atoms with Crippen LogP contribution in [0.2, 0.25) is 0 Å². The van der Waals surface area contributed by atoms with Gasteiger partial charge in [-0.1, -0.05) is 18.2 Å². The highest BCUT2D eigenvalue weighted by Gasteiger charge is 2.17. The van der Waals surface area contributed by atoms with E-state index >= 15 is 0 Å². The normalized spacial score (nSPS) is 13.6. The first-order chi connectivity index (χ1) is 16.2. The van der Waals surface area contributed by atoms with Crippen LogP contribution in [0.15, 0.2) is 79.3 Å². The van der Waals surface area contributed by atoms with E-state index in [-0.39, 0.29) is 5.91 Å². The Hall–Kier alpha value is -4.10. The monoisotopic (exact) mass is 436 g/mol. The molecule has 5 rings (SSSR count). The van der Waals surface area contributed by atoms with Crippen molar-refractivity contribution in [1.29, 1.82) is 0 Å². The predicted molar refractivity (Wildman–Crippen MR) is 129 cm³/mol. The Labute approximate surface area is 192 Å². The smallest absolute Gasteiger partial charge is 0.253 e. The van der Waals surface area contributed by atoms with Crippen molar-refractivity contribution < 1.29 is 4.79 Å². The van der Waals surface area contributed by atoms with E-state index in [1.807, 2.05) is 71.9 Å². The summed E-state index contributed by atoms with van der Waals surface area (Å²) in [5, 5.41) is 3.27. The van der Waals surface area contributed by atoms with Gasteiger partial charge in [-0.15, -0.1) is 0 Å². The summed E-state index contributed by atoms with van der Waals surface area (Å²) < 4.78 is 0. The summed E-state index contributed by atoms with van der Waals surface area (Å²) in [7, 11) is 0. The SMILES string of the molecule is Nc1cc(-c2cncc(-c3ccc(C(=O)N4CCNCC4)cc3)c2)cc(-c2ccccn2)n1. The molecule has 7 nitrogen and oxygen atoms in total. The lowest BCUT2D eigenvalue weighted by atomic mass is 10.0. The number of aromatic nitrogens is 3. The van der Waals surface area contributed by atoms with Crippen molar-refractivity contribution >= 4 is 11.7 Å². The second kappa shape index (κ2) is 9.18. The van der Waals surface area contributed by atoms with Crippen molar-refractivity contribution in [2.45, 2.75) is 0 Å². The largest absolute Gasteiger partial charge is 0.384 e. The van der Waals surface area contributed by atoms with Crippen LogP contribution in [0, 0.1) is 0 Å². The summed E-state index contributed by atoms with van der Waals surface area (Å²) in [5.74, 6) is 0.499. The fourth-order valence-electron chi connectivity index (χ4n) is 3.98. The van der Waals surface area contributed by atoms with Gasteiger partial charge in [0.1, 0.15) is 5.82 Å². The van der Waals surface area contributed by atoms with Crippen molar-refractivity contribution in [1.82, 2.24) is 25.2 Å². The van der Waals surface area contributed by atoms with Crippen molar-refractivity contribution in [3.63, 3.8) is 0 Å². The van der Waals surface area contributed by atoms with Gasteiger partial charge >= 0.3 is 0 Å². The minimum atomic E-state index is 0.0734. The van der Waals surface area contributed by atoms with E-state index < -0.39 is 0 Å². The molecule has 0 radical (unpaired) electrons. The van der Waals surface area contributed by atoms with Crippen molar-refractivity contribution in [2.75, 3.05) is 31.9 Å². The number of hydrogen-bond donors (Lipinski definition) is 2. The lowest BCUT2D eigenvalue weighted by Gasteiger charge is -2.27. The van der Waals surface area contributed by atoms with E-state index in [1.54, 1.807) is 6.20 Å². The van der Waals surface area contributed by atoms with Crippen LogP contribution in [-0.2, 0) is 0 Å². The third-order valence-electron chi connectivity index (χ3n) is 5.71. The molecular weight excluding hydrogens is 412 g/mol. The molecule has 1 saturated heterocycles. The van der Waals surface area contributed by atoms with Crippen molar-refractivity contribution in [3.05, 3.63) is 84.8 Å². The summed E-state index contributed by atoms with van der Waals surface area (Å²) in [6.45, 7) is 3.15. The van der Waals surface area contributed by atoms with Gasteiger partial charge in [0.15, 0.2) is 0 Å². The predicted octanol–water partition coefficient (Wildman–Crippen LogP) is 3.50. The molecule has 3 N–H and O–H groups in total. The maximum absolute atomic E-state index is 12.7. The lowest BCUT2D eigenvalue weighted by Crippen LogP contribution is -2.46. The van der Waals surface area contributed by atoms with E-state index in [4.69, 9.17) is 5.73 Å². The molecule has 1 fully saturated rings. The summed E-state index contributed by atoms with van der Waals surface area (Å²) >= 11 is 0. The van der Waals surface area contributed by atoms with Crippen LogP contribution < -0.4 is 11.1 Å². The number of benzene rings is 1. The van der Waals surface area contributed by atoms with Gasteiger partial charge in [0.25, 0.3) is 5.91 Å². The van der Waals surface area contributed by atoms with Crippen LogP contribution in [-0.4, -0.2) is 51.9 Å². The minimum absolute atomic E-state index is 0.0734. The molecule has 4 heterocycles. The molecule has 1 amide bonds. The molecule has 0 unspecified atom stereocenters. The minimum Gasteiger partial charge on any atom is -0.384 e. The average molecular weight is 437 g/mol. The van der Waals surface area contributed by atoms with Crippen LogP contribution in [0.1, 0.15) is 10.4 Å². The Morgan fingerprint density at radius 3 is 2.33 bits per heavy atom. The number of piperazine rings is 1.